The van der Waals surface area contributed by atoms with E-state index in [1.54, 1.807) is 24.3 Å². The van der Waals surface area contributed by atoms with Gasteiger partial charge in [0, 0.05) is 19.2 Å². The van der Waals surface area contributed by atoms with Crippen molar-refractivity contribution in [2.75, 3.05) is 12.1 Å². The maximum absolute atomic E-state index is 13.8. The lowest BCUT2D eigenvalue weighted by atomic mass is 9.52. The monoisotopic (exact) mass is 499 g/mol. The zero-order valence-electron chi connectivity index (χ0n) is 18.1. The first-order valence-corrected chi connectivity index (χ1v) is 11.2. The van der Waals surface area contributed by atoms with Gasteiger partial charge in [0.25, 0.3) is 11.8 Å². The van der Waals surface area contributed by atoms with Crippen LogP contribution in [0.2, 0.25) is 5.02 Å². The van der Waals surface area contributed by atoms with Crippen molar-refractivity contribution in [1.29, 1.82) is 0 Å². The summed E-state index contributed by atoms with van der Waals surface area (Å²) in [6, 6.07) is 15.1. The summed E-state index contributed by atoms with van der Waals surface area (Å²) in [5.74, 6) is -3.90. The molecule has 2 heterocycles. The van der Waals surface area contributed by atoms with E-state index in [2.05, 4.69) is 4.98 Å². The van der Waals surface area contributed by atoms with Crippen molar-refractivity contribution >= 4 is 29.2 Å². The lowest BCUT2D eigenvalue weighted by Gasteiger charge is -2.51. The number of pyridine rings is 1. The van der Waals surface area contributed by atoms with Crippen molar-refractivity contribution in [2.24, 2.45) is 11.8 Å². The number of anilines is 1. The molecule has 2 bridgehead atoms. The lowest BCUT2D eigenvalue weighted by Crippen LogP contribution is -2.53. The highest BCUT2D eigenvalue weighted by Crippen LogP contribution is 2.63. The van der Waals surface area contributed by atoms with Crippen molar-refractivity contribution in [3.63, 3.8) is 0 Å². The molecule has 0 radical (unpaired) electrons. The molecule has 2 atom stereocenters. The van der Waals surface area contributed by atoms with Gasteiger partial charge in [0.1, 0.15) is 5.60 Å². The number of carbonyl (C=O) groups is 2. The number of aromatic nitrogens is 1. The number of hydrogen-bond donors (Lipinski definition) is 1. The summed E-state index contributed by atoms with van der Waals surface area (Å²) in [7, 11) is 1.33. The summed E-state index contributed by atoms with van der Waals surface area (Å²) in [4.78, 5) is 31.3. The first-order valence-electron chi connectivity index (χ1n) is 10.8. The lowest BCUT2D eigenvalue weighted by molar-refractivity contribution is -0.143. The Bertz CT molecular complexity index is 1380. The minimum Gasteiger partial charge on any atom is -0.379 e. The molecule has 35 heavy (non-hydrogen) atoms. The molecule has 4 aliphatic rings. The van der Waals surface area contributed by atoms with Gasteiger partial charge in [-0.3, -0.25) is 14.6 Å². The van der Waals surface area contributed by atoms with Crippen molar-refractivity contribution in [1.82, 2.24) is 9.99 Å². The van der Waals surface area contributed by atoms with E-state index < -0.39 is 46.9 Å². The van der Waals surface area contributed by atoms with E-state index in [-0.39, 0.29) is 10.8 Å². The highest BCUT2D eigenvalue weighted by Gasteiger charge is 2.68. The number of carbonyl (C=O) groups excluding carboxylic acids is 2. The number of alkyl halides is 3. The number of imide groups is 1. The predicted molar refractivity (Wildman–Crippen MR) is 119 cm³/mol. The third-order valence-corrected chi connectivity index (χ3v) is 7.58. The Kier molecular flexibility index (Phi) is 4.44. The molecule has 1 aliphatic heterocycles. The SMILES string of the molecule is CN(c1ncc(C(F)(F)F)cc1Cl)N1C(=O)C2C3c4ccccc4C(O)(c4ccccc43)C2C1=O. The highest BCUT2D eigenvalue weighted by atomic mass is 35.5. The maximum Gasteiger partial charge on any atom is 0.417 e. The molecule has 1 aromatic heterocycles. The zero-order valence-corrected chi connectivity index (χ0v) is 18.9. The van der Waals surface area contributed by atoms with E-state index in [1.165, 1.54) is 7.05 Å². The van der Waals surface area contributed by atoms with Crippen molar-refractivity contribution in [2.45, 2.75) is 17.7 Å². The van der Waals surface area contributed by atoms with Gasteiger partial charge in [-0.1, -0.05) is 60.1 Å². The molecular weight excluding hydrogens is 483 g/mol. The smallest absolute Gasteiger partial charge is 0.379 e. The molecule has 178 valence electrons. The molecule has 7 rings (SSSR count). The van der Waals surface area contributed by atoms with Gasteiger partial charge in [-0.15, -0.1) is 0 Å². The second-order valence-electron chi connectivity index (χ2n) is 8.96. The van der Waals surface area contributed by atoms with Crippen LogP contribution < -0.4 is 5.01 Å². The number of rotatable bonds is 2. The van der Waals surface area contributed by atoms with Crippen molar-refractivity contribution in [3.8, 4) is 0 Å². The molecule has 1 fully saturated rings. The van der Waals surface area contributed by atoms with E-state index in [0.29, 0.717) is 23.4 Å². The van der Waals surface area contributed by atoms with Crippen molar-refractivity contribution in [3.05, 3.63) is 93.6 Å². The van der Waals surface area contributed by atoms with Crippen LogP contribution in [0.15, 0.2) is 60.8 Å². The molecular formula is C25H17ClF3N3O3. The Labute approximate surface area is 202 Å². The van der Waals surface area contributed by atoms with E-state index >= 15 is 0 Å². The topological polar surface area (TPSA) is 73.7 Å². The van der Waals surface area contributed by atoms with Crippen LogP contribution in [0.3, 0.4) is 0 Å². The standard InChI is InChI=1S/C25H17ClF3N3O3/c1-31(21-17(26)10-12(11-30-21)25(27,28)29)32-22(33)19-18-13-6-2-4-8-15(13)24(35,20(19)23(32)34)16-9-5-3-7-14(16)18/h2-11,18-20,35H,1H3. The minimum atomic E-state index is -4.65. The molecule has 2 unspecified atom stereocenters. The number of hydrogen-bond acceptors (Lipinski definition) is 5. The number of hydrazine groups is 1. The third kappa shape index (κ3) is 2.73. The molecule has 6 nitrogen and oxygen atoms in total. The molecule has 10 heteroatoms. The van der Waals surface area contributed by atoms with E-state index in [1.807, 2.05) is 24.3 Å². The van der Waals surface area contributed by atoms with Crippen LogP contribution in [-0.2, 0) is 21.4 Å². The van der Waals surface area contributed by atoms with Crippen LogP contribution in [-0.4, -0.2) is 34.0 Å². The number of amides is 2. The Hall–Kier alpha value is -3.43. The summed E-state index contributed by atoms with van der Waals surface area (Å²) in [5.41, 5.74) is -0.113. The largest absolute Gasteiger partial charge is 0.417 e. The van der Waals surface area contributed by atoms with Crippen LogP contribution in [0.25, 0.3) is 0 Å². The Morgan fingerprint density at radius 2 is 1.60 bits per heavy atom. The van der Waals surface area contributed by atoms with Crippen LogP contribution in [0, 0.1) is 11.8 Å². The summed E-state index contributed by atoms with van der Waals surface area (Å²) in [6.45, 7) is 0. The molecule has 1 N–H and O–H groups in total. The number of nitrogens with zero attached hydrogens (tertiary/aromatic N) is 3. The van der Waals surface area contributed by atoms with Gasteiger partial charge >= 0.3 is 6.18 Å². The molecule has 3 aliphatic carbocycles. The Balaban J connectivity index is 1.48. The molecule has 0 spiro atoms. The second-order valence-corrected chi connectivity index (χ2v) is 9.37. The fraction of sp³-hybridized carbons (Fsp3) is 0.240. The van der Waals surface area contributed by atoms with Gasteiger partial charge in [0.2, 0.25) is 0 Å². The fourth-order valence-corrected chi connectivity index (χ4v) is 6.22. The van der Waals surface area contributed by atoms with Crippen molar-refractivity contribution < 1.29 is 27.9 Å². The average molecular weight is 500 g/mol. The molecule has 0 saturated carbocycles. The quantitative estimate of drug-likeness (QED) is 0.537. The van der Waals surface area contributed by atoms with E-state index in [4.69, 9.17) is 11.6 Å². The van der Waals surface area contributed by atoms with Gasteiger partial charge in [-0.05, 0) is 28.3 Å². The second kappa shape index (κ2) is 7.05. The fourth-order valence-electron chi connectivity index (χ4n) is 5.93. The van der Waals surface area contributed by atoms with E-state index in [9.17, 15) is 27.9 Å². The summed E-state index contributed by atoms with van der Waals surface area (Å²) < 4.78 is 39.2. The van der Waals surface area contributed by atoms with Gasteiger partial charge in [-0.25, -0.2) is 4.98 Å². The summed E-state index contributed by atoms with van der Waals surface area (Å²) >= 11 is 6.10. The van der Waals surface area contributed by atoms with Crippen LogP contribution in [0.1, 0.15) is 33.7 Å². The van der Waals surface area contributed by atoms with Gasteiger partial charge in [-0.2, -0.15) is 18.2 Å². The summed E-state index contributed by atoms with van der Waals surface area (Å²) in [5, 5.41) is 13.7. The van der Waals surface area contributed by atoms with Gasteiger partial charge < -0.3 is 5.11 Å². The van der Waals surface area contributed by atoms with Crippen LogP contribution >= 0.6 is 11.6 Å². The maximum atomic E-state index is 13.8. The number of benzene rings is 2. The number of aliphatic hydroxyl groups is 1. The first kappa shape index (κ1) is 22.1. The van der Waals surface area contributed by atoms with Crippen LogP contribution in [0.5, 0.6) is 0 Å². The Morgan fingerprint density at radius 3 is 2.14 bits per heavy atom. The predicted octanol–water partition coefficient (Wildman–Crippen LogP) is 4.10. The minimum absolute atomic E-state index is 0.186. The number of halogens is 4. The average Bonchev–Trinajstić information content (AvgIpc) is 3.10. The van der Waals surface area contributed by atoms with Gasteiger partial charge in [0.05, 0.1) is 22.4 Å². The third-order valence-electron chi connectivity index (χ3n) is 7.31. The zero-order chi connectivity index (χ0) is 24.9. The van der Waals surface area contributed by atoms with Gasteiger partial charge in [0.15, 0.2) is 5.82 Å². The molecule has 2 aromatic carbocycles. The van der Waals surface area contributed by atoms with Crippen LogP contribution in [0.4, 0.5) is 19.0 Å². The Morgan fingerprint density at radius 1 is 1.03 bits per heavy atom. The highest BCUT2D eigenvalue weighted by molar-refractivity contribution is 6.33. The first-order chi connectivity index (χ1) is 16.6. The normalized spacial score (nSPS) is 26.5. The molecule has 2 amide bonds. The van der Waals surface area contributed by atoms with E-state index in [0.717, 1.165) is 21.1 Å². The summed E-state index contributed by atoms with van der Waals surface area (Å²) in [6.07, 6.45) is -4.05. The molecule has 3 aromatic rings. The molecule has 1 saturated heterocycles.